The molecule has 0 amide bonds. The minimum Gasteiger partial charge on any atom is -0.406 e. The lowest BCUT2D eigenvalue weighted by Crippen LogP contribution is -2.50. The molecule has 0 radical (unpaired) electrons. The molecule has 3 N–H and O–H groups in total. The summed E-state index contributed by atoms with van der Waals surface area (Å²) in [5.74, 6) is -7.08. The summed E-state index contributed by atoms with van der Waals surface area (Å²) in [6, 6.07) is 8.37. The maximum atomic E-state index is 15.1. The topological polar surface area (TPSA) is 68.4 Å². The summed E-state index contributed by atoms with van der Waals surface area (Å²) in [4.78, 5) is 3.62. The molecular formula is C21H15F7N2O2. The summed E-state index contributed by atoms with van der Waals surface area (Å²) < 4.78 is 98.0. The fourth-order valence-corrected chi connectivity index (χ4v) is 3.04. The zero-order valence-electron chi connectivity index (χ0n) is 16.0. The lowest BCUT2D eigenvalue weighted by Gasteiger charge is -2.35. The minimum absolute atomic E-state index is 0.271. The van der Waals surface area contributed by atoms with Crippen LogP contribution in [0, 0.1) is 11.6 Å². The maximum Gasteiger partial charge on any atom is 0.573 e. The molecule has 1 unspecified atom stereocenters. The van der Waals surface area contributed by atoms with Crippen molar-refractivity contribution in [3.63, 3.8) is 0 Å². The van der Waals surface area contributed by atoms with Crippen LogP contribution in [0.25, 0.3) is 11.1 Å². The molecule has 1 aromatic heterocycles. The van der Waals surface area contributed by atoms with Gasteiger partial charge in [-0.3, -0.25) is 4.98 Å². The molecule has 1 atom stereocenters. The van der Waals surface area contributed by atoms with Crippen molar-refractivity contribution >= 4 is 0 Å². The Bertz CT molecular complexity index is 1090. The van der Waals surface area contributed by atoms with Crippen LogP contribution >= 0.6 is 0 Å². The van der Waals surface area contributed by atoms with Gasteiger partial charge in [-0.25, -0.2) is 8.78 Å². The van der Waals surface area contributed by atoms with Crippen molar-refractivity contribution < 1.29 is 40.6 Å². The molecule has 4 nitrogen and oxygen atoms in total. The third-order valence-electron chi connectivity index (χ3n) is 4.70. The molecule has 0 aliphatic rings. The summed E-state index contributed by atoms with van der Waals surface area (Å²) in [6.07, 6.45) is -3.86. The molecule has 0 bridgehead atoms. The third kappa shape index (κ3) is 4.53. The largest absolute Gasteiger partial charge is 0.573 e. The van der Waals surface area contributed by atoms with Gasteiger partial charge in [0.25, 0.3) is 0 Å². The van der Waals surface area contributed by atoms with Crippen LogP contribution in [-0.2, 0) is 11.5 Å². The van der Waals surface area contributed by atoms with E-state index in [4.69, 9.17) is 5.73 Å². The number of alkyl halides is 5. The molecule has 3 aromatic rings. The highest BCUT2D eigenvalue weighted by atomic mass is 19.4. The van der Waals surface area contributed by atoms with Crippen molar-refractivity contribution in [1.82, 2.24) is 4.98 Å². The van der Waals surface area contributed by atoms with Gasteiger partial charge in [0.05, 0.1) is 0 Å². The van der Waals surface area contributed by atoms with Crippen molar-refractivity contribution in [3.05, 3.63) is 83.7 Å². The van der Waals surface area contributed by atoms with E-state index in [2.05, 4.69) is 9.72 Å². The molecule has 0 fully saturated rings. The number of halogens is 7. The summed E-state index contributed by atoms with van der Waals surface area (Å²) in [5, 5.41) is 10.6. The smallest absolute Gasteiger partial charge is 0.406 e. The van der Waals surface area contributed by atoms with Crippen molar-refractivity contribution in [2.24, 2.45) is 5.73 Å². The Kier molecular flexibility index (Phi) is 6.16. The van der Waals surface area contributed by atoms with Gasteiger partial charge in [-0.15, -0.1) is 13.2 Å². The van der Waals surface area contributed by atoms with Crippen LogP contribution in [0.5, 0.6) is 5.75 Å². The number of rotatable bonds is 6. The van der Waals surface area contributed by atoms with E-state index in [0.717, 1.165) is 24.4 Å². The lowest BCUT2D eigenvalue weighted by molar-refractivity contribution is -0.274. The quantitative estimate of drug-likeness (QED) is 0.516. The summed E-state index contributed by atoms with van der Waals surface area (Å²) in [5.41, 5.74) is 0.876. The zero-order chi connectivity index (χ0) is 23.7. The van der Waals surface area contributed by atoms with Crippen LogP contribution in [-0.4, -0.2) is 23.0 Å². The fourth-order valence-electron chi connectivity index (χ4n) is 3.04. The van der Waals surface area contributed by atoms with E-state index in [1.54, 1.807) is 0 Å². The van der Waals surface area contributed by atoms with Crippen molar-refractivity contribution in [3.8, 4) is 16.9 Å². The van der Waals surface area contributed by atoms with Crippen LogP contribution in [0.2, 0.25) is 0 Å². The first kappa shape index (κ1) is 23.5. The number of aromatic nitrogens is 1. The van der Waals surface area contributed by atoms with Crippen LogP contribution < -0.4 is 10.5 Å². The van der Waals surface area contributed by atoms with Crippen molar-refractivity contribution in [2.75, 3.05) is 6.54 Å². The number of hydrogen-bond donors (Lipinski definition) is 2. The van der Waals surface area contributed by atoms with E-state index in [9.17, 15) is 27.1 Å². The Labute approximate surface area is 177 Å². The van der Waals surface area contributed by atoms with Crippen LogP contribution in [0.15, 0.2) is 60.8 Å². The molecule has 2 aromatic carbocycles. The monoisotopic (exact) mass is 460 g/mol. The van der Waals surface area contributed by atoms with E-state index in [0.29, 0.717) is 23.8 Å². The predicted molar refractivity (Wildman–Crippen MR) is 99.6 cm³/mol. The minimum atomic E-state index is -4.86. The van der Waals surface area contributed by atoms with Crippen LogP contribution in [0.3, 0.4) is 0 Å². The highest BCUT2D eigenvalue weighted by Crippen LogP contribution is 2.45. The SMILES string of the molecule is NCC(O)(c1ccc(F)cc1F)C(F)(F)c1ccc(-c2ccc(OC(F)(F)F)cc2)cn1. The Morgan fingerprint density at radius 3 is 2.00 bits per heavy atom. The average molecular weight is 460 g/mol. The number of hydrogen-bond acceptors (Lipinski definition) is 4. The number of nitrogens with two attached hydrogens (primary N) is 1. The van der Waals surface area contributed by atoms with Gasteiger partial charge < -0.3 is 15.6 Å². The number of nitrogens with zero attached hydrogens (tertiary/aromatic N) is 1. The third-order valence-corrected chi connectivity index (χ3v) is 4.70. The zero-order valence-corrected chi connectivity index (χ0v) is 16.0. The number of benzene rings is 2. The van der Waals surface area contributed by atoms with Gasteiger partial charge in [0.15, 0.2) is 5.60 Å². The molecule has 32 heavy (non-hydrogen) atoms. The number of aliphatic hydroxyl groups is 1. The second-order valence-corrected chi connectivity index (χ2v) is 6.77. The molecule has 0 spiro atoms. The number of ether oxygens (including phenoxy) is 1. The van der Waals surface area contributed by atoms with Gasteiger partial charge in [-0.2, -0.15) is 8.78 Å². The van der Waals surface area contributed by atoms with Gasteiger partial charge in [-0.1, -0.05) is 24.3 Å². The summed E-state index contributed by atoms with van der Waals surface area (Å²) in [7, 11) is 0. The van der Waals surface area contributed by atoms with Gasteiger partial charge >= 0.3 is 12.3 Å². The maximum absolute atomic E-state index is 15.1. The molecule has 0 saturated heterocycles. The molecule has 11 heteroatoms. The first-order valence-electron chi connectivity index (χ1n) is 8.96. The molecule has 0 aliphatic heterocycles. The Morgan fingerprint density at radius 2 is 1.50 bits per heavy atom. The highest BCUT2D eigenvalue weighted by Gasteiger charge is 2.56. The van der Waals surface area contributed by atoms with Crippen LogP contribution in [0.1, 0.15) is 11.3 Å². The van der Waals surface area contributed by atoms with Gasteiger partial charge in [0.2, 0.25) is 0 Å². The Morgan fingerprint density at radius 1 is 0.875 bits per heavy atom. The Balaban J connectivity index is 1.91. The van der Waals surface area contributed by atoms with Gasteiger partial charge in [-0.05, 0) is 29.8 Å². The number of pyridine rings is 1. The van der Waals surface area contributed by atoms with Crippen molar-refractivity contribution in [2.45, 2.75) is 17.9 Å². The molecule has 3 rings (SSSR count). The molecule has 1 heterocycles. The van der Waals surface area contributed by atoms with E-state index >= 15 is 8.78 Å². The second-order valence-electron chi connectivity index (χ2n) is 6.77. The molecular weight excluding hydrogens is 445 g/mol. The van der Waals surface area contributed by atoms with E-state index in [1.165, 1.54) is 18.2 Å². The van der Waals surface area contributed by atoms with Gasteiger partial charge in [0, 0.05) is 29.9 Å². The normalized spacial score (nSPS) is 14.2. The lowest BCUT2D eigenvalue weighted by atomic mass is 9.84. The summed E-state index contributed by atoms with van der Waals surface area (Å²) in [6.45, 7) is -1.10. The first-order chi connectivity index (χ1) is 14.9. The molecule has 0 saturated carbocycles. The first-order valence-corrected chi connectivity index (χ1v) is 8.96. The van der Waals surface area contributed by atoms with Gasteiger partial charge in [0.1, 0.15) is 23.1 Å². The fraction of sp³-hybridized carbons (Fsp3) is 0.190. The standard InChI is InChI=1S/C21H15F7N2O2/c22-14-4-7-16(17(23)9-14)19(31,11-29)20(24,25)18-8-3-13(10-30-18)12-1-5-15(6-2-12)32-21(26,27)28/h1-10,31H,11,29H2. The van der Waals surface area contributed by atoms with E-state index < -0.39 is 53.1 Å². The molecule has 0 aliphatic carbocycles. The van der Waals surface area contributed by atoms with Crippen molar-refractivity contribution in [1.29, 1.82) is 0 Å². The molecule has 170 valence electrons. The average Bonchev–Trinajstić information content (AvgIpc) is 2.72. The van der Waals surface area contributed by atoms with Crippen LogP contribution in [0.4, 0.5) is 30.7 Å². The summed E-state index contributed by atoms with van der Waals surface area (Å²) >= 11 is 0. The highest BCUT2D eigenvalue weighted by molar-refractivity contribution is 5.63. The predicted octanol–water partition coefficient (Wildman–Crippen LogP) is 4.86. The van der Waals surface area contributed by atoms with E-state index in [-0.39, 0.29) is 5.56 Å². The van der Waals surface area contributed by atoms with E-state index in [1.807, 2.05) is 0 Å². The Hall–Kier alpha value is -3.18. The second kappa shape index (κ2) is 8.40.